The first-order valence-electron chi connectivity index (χ1n) is 6.27. The second kappa shape index (κ2) is 4.77. The van der Waals surface area contributed by atoms with E-state index in [1.165, 1.54) is 12.3 Å². The van der Waals surface area contributed by atoms with Gasteiger partial charge in [-0.1, -0.05) is 24.3 Å². The lowest BCUT2D eigenvalue weighted by atomic mass is 9.99. The fraction of sp³-hybridized carbons (Fsp3) is 0.0625. The zero-order valence-electron chi connectivity index (χ0n) is 10.9. The lowest BCUT2D eigenvalue weighted by molar-refractivity contribution is -0.136. The maximum absolute atomic E-state index is 13.1. The molecule has 5 heteroatoms. The van der Waals surface area contributed by atoms with Crippen molar-refractivity contribution in [3.63, 3.8) is 0 Å². The molecule has 0 aliphatic rings. The Kier molecular flexibility index (Phi) is 3.05. The summed E-state index contributed by atoms with van der Waals surface area (Å²) in [4.78, 5) is 3.90. The number of hydrogen-bond donors (Lipinski definition) is 1. The molecule has 0 saturated carbocycles. The molecule has 1 aromatic heterocycles. The third kappa shape index (κ3) is 2.42. The summed E-state index contributed by atoms with van der Waals surface area (Å²) < 4.78 is 39.2. The van der Waals surface area contributed by atoms with Gasteiger partial charge in [-0.2, -0.15) is 13.2 Å². The second-order valence-corrected chi connectivity index (χ2v) is 4.68. The number of aromatic nitrogens is 1. The van der Waals surface area contributed by atoms with Gasteiger partial charge in [0.2, 0.25) is 0 Å². The zero-order valence-corrected chi connectivity index (χ0v) is 10.9. The first kappa shape index (κ1) is 13.4. The summed E-state index contributed by atoms with van der Waals surface area (Å²) in [6.07, 6.45) is -3.04. The summed E-state index contributed by atoms with van der Waals surface area (Å²) in [7, 11) is 0. The molecule has 0 radical (unpaired) electrons. The van der Waals surface area contributed by atoms with Crippen LogP contribution in [0.4, 0.5) is 18.9 Å². The van der Waals surface area contributed by atoms with Crippen LogP contribution in [0.3, 0.4) is 0 Å². The number of hydrogen-bond acceptors (Lipinski definition) is 2. The Labute approximate surface area is 119 Å². The second-order valence-electron chi connectivity index (χ2n) is 4.68. The van der Waals surface area contributed by atoms with Crippen LogP contribution in [0.1, 0.15) is 5.56 Å². The van der Waals surface area contributed by atoms with E-state index in [1.807, 2.05) is 6.07 Å². The summed E-state index contributed by atoms with van der Waals surface area (Å²) in [5, 5.41) is 0.456. The molecule has 2 aromatic carbocycles. The minimum atomic E-state index is -4.43. The number of benzene rings is 2. The van der Waals surface area contributed by atoms with E-state index < -0.39 is 11.7 Å². The van der Waals surface area contributed by atoms with Crippen LogP contribution in [0.2, 0.25) is 0 Å². The standard InChI is InChI=1S/C16H11F3N2/c17-16(18,19)14-6-2-5-13-12(7-8-21-15(13)14)10-3-1-4-11(20)9-10/h1-9H,20H2. The molecule has 0 fully saturated rings. The van der Waals surface area contributed by atoms with Gasteiger partial charge in [0, 0.05) is 17.3 Å². The minimum Gasteiger partial charge on any atom is -0.399 e. The molecule has 3 rings (SSSR count). The van der Waals surface area contributed by atoms with Gasteiger partial charge in [-0.3, -0.25) is 4.98 Å². The zero-order chi connectivity index (χ0) is 15.0. The number of nitrogen functional groups attached to an aromatic ring is 1. The Bertz CT molecular complexity index is 810. The van der Waals surface area contributed by atoms with Crippen molar-refractivity contribution in [1.82, 2.24) is 4.98 Å². The molecule has 0 atom stereocenters. The maximum atomic E-state index is 13.1. The number of alkyl halides is 3. The normalized spacial score (nSPS) is 11.8. The first-order chi connectivity index (χ1) is 9.97. The Morgan fingerprint density at radius 3 is 2.43 bits per heavy atom. The van der Waals surface area contributed by atoms with Crippen LogP contribution in [0.5, 0.6) is 0 Å². The fourth-order valence-corrected chi connectivity index (χ4v) is 2.36. The number of halogens is 3. The minimum absolute atomic E-state index is 0.0510. The molecule has 0 aliphatic heterocycles. The van der Waals surface area contributed by atoms with E-state index >= 15 is 0 Å². The molecular weight excluding hydrogens is 277 g/mol. The molecular formula is C16H11F3N2. The van der Waals surface area contributed by atoms with Gasteiger partial charge in [-0.25, -0.2) is 0 Å². The SMILES string of the molecule is Nc1cccc(-c2ccnc3c(C(F)(F)F)cccc23)c1. The van der Waals surface area contributed by atoms with Crippen LogP contribution in [0, 0.1) is 0 Å². The van der Waals surface area contributed by atoms with Crippen molar-refractivity contribution in [1.29, 1.82) is 0 Å². The Morgan fingerprint density at radius 1 is 0.952 bits per heavy atom. The number of nitrogens with zero attached hydrogens (tertiary/aromatic N) is 1. The largest absolute Gasteiger partial charge is 0.418 e. The summed E-state index contributed by atoms with van der Waals surface area (Å²) in [5.74, 6) is 0. The van der Waals surface area contributed by atoms with E-state index in [1.54, 1.807) is 30.3 Å². The van der Waals surface area contributed by atoms with Crippen LogP contribution in [-0.2, 0) is 6.18 Å². The highest BCUT2D eigenvalue weighted by Crippen LogP contribution is 2.37. The van der Waals surface area contributed by atoms with Gasteiger partial charge >= 0.3 is 6.18 Å². The van der Waals surface area contributed by atoms with E-state index in [9.17, 15) is 13.2 Å². The molecule has 21 heavy (non-hydrogen) atoms. The molecule has 0 unspecified atom stereocenters. The number of rotatable bonds is 1. The lowest BCUT2D eigenvalue weighted by Crippen LogP contribution is -2.06. The third-order valence-corrected chi connectivity index (χ3v) is 3.27. The Balaban J connectivity index is 2.31. The van der Waals surface area contributed by atoms with Crippen molar-refractivity contribution in [2.45, 2.75) is 6.18 Å². The molecule has 0 spiro atoms. The van der Waals surface area contributed by atoms with Gasteiger partial charge in [0.25, 0.3) is 0 Å². The summed E-state index contributed by atoms with van der Waals surface area (Å²) in [6, 6.07) is 12.8. The number of fused-ring (bicyclic) bond motifs is 1. The average molecular weight is 288 g/mol. The maximum Gasteiger partial charge on any atom is 0.418 e. The van der Waals surface area contributed by atoms with Gasteiger partial charge in [0.15, 0.2) is 0 Å². The van der Waals surface area contributed by atoms with E-state index in [0.29, 0.717) is 16.6 Å². The average Bonchev–Trinajstić information content (AvgIpc) is 2.45. The van der Waals surface area contributed by atoms with Crippen molar-refractivity contribution in [3.05, 3.63) is 60.3 Å². The summed E-state index contributed by atoms with van der Waals surface area (Å²) >= 11 is 0. The van der Waals surface area contributed by atoms with E-state index in [4.69, 9.17) is 5.73 Å². The van der Waals surface area contributed by atoms with Crippen LogP contribution >= 0.6 is 0 Å². The Hall–Kier alpha value is -2.56. The number of anilines is 1. The topological polar surface area (TPSA) is 38.9 Å². The monoisotopic (exact) mass is 288 g/mol. The highest BCUT2D eigenvalue weighted by molar-refractivity contribution is 5.96. The predicted octanol–water partition coefficient (Wildman–Crippen LogP) is 4.50. The van der Waals surface area contributed by atoms with E-state index in [0.717, 1.165) is 11.6 Å². The van der Waals surface area contributed by atoms with E-state index in [2.05, 4.69) is 4.98 Å². The molecule has 0 bridgehead atoms. The molecule has 3 aromatic rings. The number of nitrogens with two attached hydrogens (primary N) is 1. The molecule has 0 aliphatic carbocycles. The molecule has 0 saturated heterocycles. The fourth-order valence-electron chi connectivity index (χ4n) is 2.36. The number of pyridine rings is 1. The quantitative estimate of drug-likeness (QED) is 0.669. The van der Waals surface area contributed by atoms with Crippen molar-refractivity contribution >= 4 is 16.6 Å². The van der Waals surface area contributed by atoms with Crippen molar-refractivity contribution in [2.24, 2.45) is 0 Å². The highest BCUT2D eigenvalue weighted by Gasteiger charge is 2.33. The smallest absolute Gasteiger partial charge is 0.399 e. The molecule has 0 amide bonds. The molecule has 1 heterocycles. The van der Waals surface area contributed by atoms with Gasteiger partial charge in [-0.05, 0) is 35.4 Å². The Morgan fingerprint density at radius 2 is 1.71 bits per heavy atom. The first-order valence-corrected chi connectivity index (χ1v) is 6.27. The van der Waals surface area contributed by atoms with Gasteiger partial charge in [-0.15, -0.1) is 0 Å². The van der Waals surface area contributed by atoms with Crippen LogP contribution < -0.4 is 5.73 Å². The molecule has 2 N–H and O–H groups in total. The summed E-state index contributed by atoms with van der Waals surface area (Å²) in [5.41, 5.74) is 6.97. The van der Waals surface area contributed by atoms with E-state index in [-0.39, 0.29) is 5.52 Å². The van der Waals surface area contributed by atoms with Crippen LogP contribution in [0.25, 0.3) is 22.0 Å². The van der Waals surface area contributed by atoms with Crippen molar-refractivity contribution < 1.29 is 13.2 Å². The predicted molar refractivity (Wildman–Crippen MR) is 76.6 cm³/mol. The van der Waals surface area contributed by atoms with Crippen LogP contribution in [-0.4, -0.2) is 4.98 Å². The van der Waals surface area contributed by atoms with Crippen LogP contribution in [0.15, 0.2) is 54.7 Å². The van der Waals surface area contributed by atoms with Gasteiger partial charge in [0.05, 0.1) is 11.1 Å². The molecule has 2 nitrogen and oxygen atoms in total. The summed E-state index contributed by atoms with van der Waals surface area (Å²) in [6.45, 7) is 0. The van der Waals surface area contributed by atoms with Crippen molar-refractivity contribution in [2.75, 3.05) is 5.73 Å². The van der Waals surface area contributed by atoms with Gasteiger partial charge in [0.1, 0.15) is 0 Å². The van der Waals surface area contributed by atoms with Crippen molar-refractivity contribution in [3.8, 4) is 11.1 Å². The van der Waals surface area contributed by atoms with Gasteiger partial charge < -0.3 is 5.73 Å². The number of para-hydroxylation sites is 1. The third-order valence-electron chi connectivity index (χ3n) is 3.27. The molecule has 106 valence electrons. The lowest BCUT2D eigenvalue weighted by Gasteiger charge is -2.12. The highest BCUT2D eigenvalue weighted by atomic mass is 19.4.